The van der Waals surface area contributed by atoms with Crippen molar-refractivity contribution in [1.82, 2.24) is 15.6 Å². The maximum absolute atomic E-state index is 6.25. The van der Waals surface area contributed by atoms with Crippen molar-refractivity contribution in [1.29, 1.82) is 0 Å². The van der Waals surface area contributed by atoms with Crippen molar-refractivity contribution in [3.05, 3.63) is 58.7 Å². The second-order valence-corrected chi connectivity index (χ2v) is 6.71. The summed E-state index contributed by atoms with van der Waals surface area (Å²) in [6, 6.07) is 12.5. The SMILES string of the molecule is CN=C(NCc1cccc(C)c1)NC1CCN(c2ncccc2Cl)C1. The van der Waals surface area contributed by atoms with Crippen molar-refractivity contribution < 1.29 is 0 Å². The second-order valence-electron chi connectivity index (χ2n) is 6.30. The number of guanidine groups is 1. The van der Waals surface area contributed by atoms with Crippen LogP contribution in [-0.2, 0) is 6.54 Å². The molecule has 132 valence electrons. The molecule has 2 heterocycles. The van der Waals surface area contributed by atoms with E-state index in [0.717, 1.165) is 37.8 Å². The third-order valence-corrected chi connectivity index (χ3v) is 4.63. The van der Waals surface area contributed by atoms with E-state index in [-0.39, 0.29) is 0 Å². The molecular weight excluding hydrogens is 334 g/mol. The van der Waals surface area contributed by atoms with Crippen LogP contribution in [0.1, 0.15) is 17.5 Å². The first-order valence-corrected chi connectivity index (χ1v) is 8.91. The zero-order valence-electron chi connectivity index (χ0n) is 14.7. The first kappa shape index (κ1) is 17.5. The van der Waals surface area contributed by atoms with Gasteiger partial charge in [-0.05, 0) is 31.0 Å². The Bertz CT molecular complexity index is 746. The van der Waals surface area contributed by atoms with Crippen LogP contribution in [-0.4, -0.2) is 37.1 Å². The molecule has 0 saturated carbocycles. The molecule has 0 amide bonds. The molecule has 1 aromatic carbocycles. The number of halogens is 1. The van der Waals surface area contributed by atoms with Crippen LogP contribution in [0.3, 0.4) is 0 Å². The summed E-state index contributed by atoms with van der Waals surface area (Å²) < 4.78 is 0. The first-order chi connectivity index (χ1) is 12.2. The lowest BCUT2D eigenvalue weighted by molar-refractivity contribution is 0.648. The van der Waals surface area contributed by atoms with Crippen LogP contribution in [0.2, 0.25) is 5.02 Å². The van der Waals surface area contributed by atoms with E-state index in [9.17, 15) is 0 Å². The van der Waals surface area contributed by atoms with Crippen molar-refractivity contribution in [2.75, 3.05) is 25.0 Å². The summed E-state index contributed by atoms with van der Waals surface area (Å²) in [5, 5.41) is 7.58. The van der Waals surface area contributed by atoms with Gasteiger partial charge < -0.3 is 15.5 Å². The van der Waals surface area contributed by atoms with Crippen molar-refractivity contribution >= 4 is 23.4 Å². The number of benzene rings is 1. The number of nitrogens with one attached hydrogen (secondary N) is 2. The summed E-state index contributed by atoms with van der Waals surface area (Å²) in [7, 11) is 1.80. The van der Waals surface area contributed by atoms with Gasteiger partial charge in [-0.2, -0.15) is 0 Å². The summed E-state index contributed by atoms with van der Waals surface area (Å²) in [6.07, 6.45) is 2.81. The van der Waals surface area contributed by atoms with Crippen LogP contribution >= 0.6 is 11.6 Å². The molecule has 1 aliphatic heterocycles. The van der Waals surface area contributed by atoms with Crippen LogP contribution < -0.4 is 15.5 Å². The number of anilines is 1. The number of rotatable bonds is 4. The van der Waals surface area contributed by atoms with Crippen molar-refractivity contribution in [3.63, 3.8) is 0 Å². The molecule has 0 radical (unpaired) electrons. The molecule has 5 nitrogen and oxygen atoms in total. The van der Waals surface area contributed by atoms with E-state index in [1.807, 2.05) is 12.1 Å². The molecule has 3 rings (SSSR count). The van der Waals surface area contributed by atoms with E-state index in [4.69, 9.17) is 11.6 Å². The van der Waals surface area contributed by atoms with Gasteiger partial charge in [-0.15, -0.1) is 0 Å². The van der Waals surface area contributed by atoms with Crippen molar-refractivity contribution in [2.45, 2.75) is 25.9 Å². The van der Waals surface area contributed by atoms with E-state index < -0.39 is 0 Å². The maximum atomic E-state index is 6.25. The highest BCUT2D eigenvalue weighted by Crippen LogP contribution is 2.25. The monoisotopic (exact) mass is 357 g/mol. The zero-order chi connectivity index (χ0) is 17.6. The number of aryl methyl sites for hydroxylation is 1. The molecular formula is C19H24ClN5. The first-order valence-electron chi connectivity index (χ1n) is 8.54. The Morgan fingerprint density at radius 2 is 2.24 bits per heavy atom. The lowest BCUT2D eigenvalue weighted by Crippen LogP contribution is -2.44. The van der Waals surface area contributed by atoms with Crippen LogP contribution in [0.4, 0.5) is 5.82 Å². The molecule has 1 aliphatic rings. The lowest BCUT2D eigenvalue weighted by atomic mass is 10.1. The van der Waals surface area contributed by atoms with E-state index in [2.05, 4.69) is 56.7 Å². The standard InChI is InChI=1S/C19H24ClN5/c1-14-5-3-6-15(11-14)12-23-19(21-2)24-16-8-10-25(13-16)18-17(20)7-4-9-22-18/h3-7,9,11,16H,8,10,12-13H2,1-2H3,(H2,21,23,24). The zero-order valence-corrected chi connectivity index (χ0v) is 15.4. The molecule has 1 atom stereocenters. The molecule has 1 fully saturated rings. The minimum atomic E-state index is 0.321. The fraction of sp³-hybridized carbons (Fsp3) is 0.368. The molecule has 2 N–H and O–H groups in total. The second kappa shape index (κ2) is 8.21. The van der Waals surface area contributed by atoms with Gasteiger partial charge in [-0.3, -0.25) is 4.99 Å². The molecule has 1 unspecified atom stereocenters. The summed E-state index contributed by atoms with van der Waals surface area (Å²) in [5.41, 5.74) is 2.51. The van der Waals surface area contributed by atoms with Crippen LogP contribution in [0.25, 0.3) is 0 Å². The molecule has 1 saturated heterocycles. The van der Waals surface area contributed by atoms with Gasteiger partial charge in [0.25, 0.3) is 0 Å². The Morgan fingerprint density at radius 3 is 3.00 bits per heavy atom. The van der Waals surface area contributed by atoms with Crippen molar-refractivity contribution in [3.8, 4) is 0 Å². The number of nitrogens with zero attached hydrogens (tertiary/aromatic N) is 3. The number of aromatic nitrogens is 1. The molecule has 2 aromatic rings. The Labute approximate surface area is 154 Å². The minimum absolute atomic E-state index is 0.321. The van der Waals surface area contributed by atoms with Gasteiger partial charge >= 0.3 is 0 Å². The van der Waals surface area contributed by atoms with Gasteiger partial charge in [-0.1, -0.05) is 41.4 Å². The molecule has 0 spiro atoms. The number of pyridine rings is 1. The molecule has 0 bridgehead atoms. The quantitative estimate of drug-likeness (QED) is 0.652. The fourth-order valence-corrected chi connectivity index (χ4v) is 3.32. The largest absolute Gasteiger partial charge is 0.353 e. The van der Waals surface area contributed by atoms with Crippen LogP contribution in [0.15, 0.2) is 47.6 Å². The summed E-state index contributed by atoms with van der Waals surface area (Å²) in [5.74, 6) is 1.68. The highest BCUT2D eigenvalue weighted by molar-refractivity contribution is 6.32. The summed E-state index contributed by atoms with van der Waals surface area (Å²) in [4.78, 5) is 11.0. The highest BCUT2D eigenvalue weighted by Gasteiger charge is 2.25. The molecule has 25 heavy (non-hydrogen) atoms. The van der Waals surface area contributed by atoms with Gasteiger partial charge in [0.15, 0.2) is 5.96 Å². The molecule has 6 heteroatoms. The average Bonchev–Trinajstić information content (AvgIpc) is 3.07. The predicted molar refractivity (Wildman–Crippen MR) is 104 cm³/mol. The van der Waals surface area contributed by atoms with E-state index in [0.29, 0.717) is 11.1 Å². The summed E-state index contributed by atoms with van der Waals surface area (Å²) in [6.45, 7) is 4.65. The minimum Gasteiger partial charge on any atom is -0.353 e. The Kier molecular flexibility index (Phi) is 5.76. The Hall–Kier alpha value is -2.27. The maximum Gasteiger partial charge on any atom is 0.191 e. The topological polar surface area (TPSA) is 52.6 Å². The Morgan fingerprint density at radius 1 is 1.36 bits per heavy atom. The van der Waals surface area contributed by atoms with E-state index in [1.54, 1.807) is 13.2 Å². The highest BCUT2D eigenvalue weighted by atomic mass is 35.5. The summed E-state index contributed by atoms with van der Waals surface area (Å²) >= 11 is 6.25. The van der Waals surface area contributed by atoms with Gasteiger partial charge in [0.1, 0.15) is 5.82 Å². The number of aliphatic imine (C=N–C) groups is 1. The fourth-order valence-electron chi connectivity index (χ4n) is 3.08. The van der Waals surface area contributed by atoms with Gasteiger partial charge in [0.2, 0.25) is 0 Å². The average molecular weight is 358 g/mol. The van der Waals surface area contributed by atoms with Crippen molar-refractivity contribution in [2.24, 2.45) is 4.99 Å². The third-order valence-electron chi connectivity index (χ3n) is 4.33. The molecule has 1 aromatic heterocycles. The molecule has 0 aliphatic carbocycles. The lowest BCUT2D eigenvalue weighted by Gasteiger charge is -2.20. The van der Waals surface area contributed by atoms with Gasteiger partial charge in [0, 0.05) is 38.9 Å². The van der Waals surface area contributed by atoms with E-state index >= 15 is 0 Å². The van der Waals surface area contributed by atoms with Crippen LogP contribution in [0, 0.1) is 6.92 Å². The number of hydrogen-bond acceptors (Lipinski definition) is 3. The predicted octanol–water partition coefficient (Wildman–Crippen LogP) is 2.99. The van der Waals surface area contributed by atoms with Gasteiger partial charge in [-0.25, -0.2) is 4.98 Å². The number of hydrogen-bond donors (Lipinski definition) is 2. The van der Waals surface area contributed by atoms with Gasteiger partial charge in [0.05, 0.1) is 5.02 Å². The van der Waals surface area contributed by atoms with E-state index in [1.165, 1.54) is 11.1 Å². The smallest absolute Gasteiger partial charge is 0.191 e. The van der Waals surface area contributed by atoms with Crippen LogP contribution in [0.5, 0.6) is 0 Å². The third kappa shape index (κ3) is 4.63. The normalized spacial score (nSPS) is 17.6. The Balaban J connectivity index is 1.54.